The Kier molecular flexibility index (Phi) is 8.17. The Bertz CT molecular complexity index is 356. The first-order chi connectivity index (χ1) is 9.99. The molecule has 0 saturated carbocycles. The molecule has 118 valence electrons. The lowest BCUT2D eigenvalue weighted by Gasteiger charge is -2.39. The molecule has 2 radical (unpaired) electrons. The average Bonchev–Trinajstić information content (AvgIpc) is 2.42. The maximum absolute atomic E-state index is 10.2. The van der Waals surface area contributed by atoms with Crippen LogP contribution in [0.1, 0.15) is 47.0 Å². The smallest absolute Gasteiger partial charge is 0.0982 e. The first-order valence-electron chi connectivity index (χ1n) is 8.51. The molecular weight excluding hydrogens is 257 g/mol. The summed E-state index contributed by atoms with van der Waals surface area (Å²) in [6, 6.07) is 0. The maximum atomic E-state index is 10.2. The third-order valence-corrected chi connectivity index (χ3v) is 4.34. The topological polar surface area (TPSA) is 23.5 Å². The minimum atomic E-state index is 0.160. The van der Waals surface area contributed by atoms with Crippen molar-refractivity contribution in [1.82, 2.24) is 4.90 Å². The Labute approximate surface area is 132 Å². The molecule has 0 aromatic rings. The molecule has 1 heterocycles. The highest BCUT2D eigenvalue weighted by molar-refractivity contribution is 6.08. The summed E-state index contributed by atoms with van der Waals surface area (Å²) in [6.45, 7) is 12.1. The molecule has 21 heavy (non-hydrogen) atoms. The molecule has 0 amide bonds. The van der Waals surface area contributed by atoms with Crippen LogP contribution in [0.4, 0.5) is 0 Å². The fourth-order valence-electron chi connectivity index (χ4n) is 2.86. The van der Waals surface area contributed by atoms with Gasteiger partial charge in [0.05, 0.1) is 13.6 Å². The Morgan fingerprint density at radius 2 is 2.00 bits per heavy atom. The summed E-state index contributed by atoms with van der Waals surface area (Å²) in [4.78, 5) is 2.53. The molecule has 1 N–H and O–H groups in total. The van der Waals surface area contributed by atoms with E-state index in [9.17, 15) is 5.11 Å². The molecule has 1 atom stereocenters. The number of aliphatic hydroxyl groups is 1. The number of hydrogen-bond acceptors (Lipinski definition) is 2. The predicted octanol–water partition coefficient (Wildman–Crippen LogP) is 4.36. The zero-order valence-corrected chi connectivity index (χ0v) is 14.3. The van der Waals surface area contributed by atoms with Crippen LogP contribution in [-0.4, -0.2) is 37.5 Å². The molecule has 1 saturated heterocycles. The van der Waals surface area contributed by atoms with Crippen LogP contribution in [0.3, 0.4) is 0 Å². The minimum absolute atomic E-state index is 0.160. The van der Waals surface area contributed by atoms with E-state index in [4.69, 9.17) is 7.85 Å². The quantitative estimate of drug-likeness (QED) is 0.387. The summed E-state index contributed by atoms with van der Waals surface area (Å²) >= 11 is 0. The molecular formula is C18H32BNO. The van der Waals surface area contributed by atoms with Crippen LogP contribution in [0.2, 0.25) is 6.32 Å². The van der Waals surface area contributed by atoms with Crippen LogP contribution in [0.25, 0.3) is 0 Å². The van der Waals surface area contributed by atoms with E-state index in [1.54, 1.807) is 0 Å². The van der Waals surface area contributed by atoms with Gasteiger partial charge in [0.25, 0.3) is 0 Å². The zero-order valence-electron chi connectivity index (χ0n) is 14.3. The first kappa shape index (κ1) is 18.4. The SMILES string of the molecule is [B]C[C@H](C)C(/C=C\CCC1CN(CCC)C1)=C(\O)C(C)C. The van der Waals surface area contributed by atoms with Crippen LogP contribution in [0, 0.1) is 17.8 Å². The van der Waals surface area contributed by atoms with Crippen LogP contribution in [0.15, 0.2) is 23.5 Å². The zero-order chi connectivity index (χ0) is 15.8. The molecule has 0 aromatic carbocycles. The van der Waals surface area contributed by atoms with Gasteiger partial charge >= 0.3 is 0 Å². The van der Waals surface area contributed by atoms with Crippen molar-refractivity contribution in [3.05, 3.63) is 23.5 Å². The third-order valence-electron chi connectivity index (χ3n) is 4.34. The van der Waals surface area contributed by atoms with Crippen molar-refractivity contribution in [3.63, 3.8) is 0 Å². The summed E-state index contributed by atoms with van der Waals surface area (Å²) in [7, 11) is 5.75. The van der Waals surface area contributed by atoms with E-state index in [1.165, 1.54) is 32.5 Å². The van der Waals surface area contributed by atoms with Gasteiger partial charge in [-0.2, -0.15) is 0 Å². The van der Waals surface area contributed by atoms with E-state index >= 15 is 0 Å². The van der Waals surface area contributed by atoms with Gasteiger partial charge in [-0.15, -0.1) is 0 Å². The summed E-state index contributed by atoms with van der Waals surface area (Å²) in [5.41, 5.74) is 1.01. The molecule has 2 nitrogen and oxygen atoms in total. The van der Waals surface area contributed by atoms with Gasteiger partial charge in [0.2, 0.25) is 0 Å². The number of likely N-dealkylation sites (tertiary alicyclic amines) is 1. The van der Waals surface area contributed by atoms with Gasteiger partial charge in [0, 0.05) is 19.0 Å². The van der Waals surface area contributed by atoms with E-state index in [0.717, 1.165) is 17.9 Å². The molecule has 0 aromatic heterocycles. The van der Waals surface area contributed by atoms with Crippen LogP contribution < -0.4 is 0 Å². The molecule has 1 aliphatic heterocycles. The fraction of sp³-hybridized carbons (Fsp3) is 0.778. The standard InChI is InChI=1S/C18H32BNO/c1-5-10-20-12-16(13-20)8-6-7-9-17(15(4)11-19)18(21)14(2)3/h7,9,14-16,21H,5-6,8,10-13H2,1-4H3/b9-7-,18-17-/t15-/m0/s1. The Balaban J connectivity index is 2.41. The monoisotopic (exact) mass is 289 g/mol. The molecule has 3 heteroatoms. The van der Waals surface area contributed by atoms with Gasteiger partial charge in [0.15, 0.2) is 0 Å². The van der Waals surface area contributed by atoms with Gasteiger partial charge in [-0.3, -0.25) is 0 Å². The molecule has 0 aliphatic carbocycles. The van der Waals surface area contributed by atoms with E-state index in [1.807, 2.05) is 13.8 Å². The van der Waals surface area contributed by atoms with Crippen molar-refractivity contribution < 1.29 is 5.11 Å². The summed E-state index contributed by atoms with van der Waals surface area (Å²) in [5, 5.41) is 10.2. The highest BCUT2D eigenvalue weighted by atomic mass is 16.3. The van der Waals surface area contributed by atoms with Crippen molar-refractivity contribution in [2.75, 3.05) is 19.6 Å². The Morgan fingerprint density at radius 3 is 2.52 bits per heavy atom. The third kappa shape index (κ3) is 5.90. The second-order valence-corrected chi connectivity index (χ2v) is 6.74. The van der Waals surface area contributed by atoms with Gasteiger partial charge in [0.1, 0.15) is 0 Å². The van der Waals surface area contributed by atoms with Gasteiger partial charge in [-0.1, -0.05) is 46.2 Å². The number of aliphatic hydroxyl groups excluding tert-OH is 1. The average molecular weight is 289 g/mol. The Hall–Kier alpha value is -0.695. The number of hydrogen-bond donors (Lipinski definition) is 1. The second-order valence-electron chi connectivity index (χ2n) is 6.74. The van der Waals surface area contributed by atoms with Gasteiger partial charge in [-0.25, -0.2) is 0 Å². The van der Waals surface area contributed by atoms with Crippen molar-refractivity contribution in [2.24, 2.45) is 17.8 Å². The Morgan fingerprint density at radius 1 is 1.33 bits per heavy atom. The van der Waals surface area contributed by atoms with Crippen molar-refractivity contribution in [2.45, 2.75) is 53.3 Å². The van der Waals surface area contributed by atoms with E-state index in [-0.39, 0.29) is 11.8 Å². The predicted molar refractivity (Wildman–Crippen MR) is 92.8 cm³/mol. The van der Waals surface area contributed by atoms with Crippen LogP contribution >= 0.6 is 0 Å². The number of nitrogens with zero attached hydrogens (tertiary/aromatic N) is 1. The number of allylic oxidation sites excluding steroid dienone is 4. The van der Waals surface area contributed by atoms with Crippen molar-refractivity contribution in [1.29, 1.82) is 0 Å². The minimum Gasteiger partial charge on any atom is -0.512 e. The molecule has 0 bridgehead atoms. The molecule has 1 fully saturated rings. The summed E-state index contributed by atoms with van der Waals surface area (Å²) < 4.78 is 0. The lowest BCUT2D eigenvalue weighted by atomic mass is 9.84. The normalized spacial score (nSPS) is 19.9. The molecule has 1 aliphatic rings. The molecule has 0 spiro atoms. The lowest BCUT2D eigenvalue weighted by molar-refractivity contribution is 0.0954. The van der Waals surface area contributed by atoms with E-state index < -0.39 is 0 Å². The summed E-state index contributed by atoms with van der Waals surface area (Å²) in [5.74, 6) is 1.72. The van der Waals surface area contributed by atoms with Crippen molar-refractivity contribution in [3.8, 4) is 0 Å². The molecule has 1 rings (SSSR count). The lowest BCUT2D eigenvalue weighted by Crippen LogP contribution is -2.46. The van der Waals surface area contributed by atoms with Gasteiger partial charge in [-0.05, 0) is 43.2 Å². The maximum Gasteiger partial charge on any atom is 0.0982 e. The van der Waals surface area contributed by atoms with Crippen LogP contribution in [0.5, 0.6) is 0 Å². The van der Waals surface area contributed by atoms with E-state index in [0.29, 0.717) is 12.1 Å². The second kappa shape index (κ2) is 9.35. The van der Waals surface area contributed by atoms with Gasteiger partial charge < -0.3 is 10.0 Å². The highest BCUT2D eigenvalue weighted by Gasteiger charge is 2.24. The first-order valence-corrected chi connectivity index (χ1v) is 8.51. The largest absolute Gasteiger partial charge is 0.512 e. The molecule has 0 unspecified atom stereocenters. The van der Waals surface area contributed by atoms with Crippen LogP contribution in [-0.2, 0) is 0 Å². The highest BCUT2D eigenvalue weighted by Crippen LogP contribution is 2.24. The van der Waals surface area contributed by atoms with Crippen molar-refractivity contribution >= 4 is 7.85 Å². The van der Waals surface area contributed by atoms with E-state index in [2.05, 4.69) is 30.9 Å². The summed E-state index contributed by atoms with van der Waals surface area (Å²) in [6.07, 6.45) is 8.48. The number of rotatable bonds is 9. The fourth-order valence-corrected chi connectivity index (χ4v) is 2.86.